The molecule has 0 unspecified atom stereocenters. The van der Waals surface area contributed by atoms with Crippen LogP contribution in [0.1, 0.15) is 11.3 Å². The summed E-state index contributed by atoms with van der Waals surface area (Å²) in [6.07, 6.45) is 3.45. The van der Waals surface area contributed by atoms with E-state index in [9.17, 15) is 4.39 Å². The Labute approximate surface area is 220 Å². The summed E-state index contributed by atoms with van der Waals surface area (Å²) < 4.78 is 19.9. The van der Waals surface area contributed by atoms with Gasteiger partial charge in [0.25, 0.3) is 0 Å². The van der Waals surface area contributed by atoms with E-state index >= 15 is 0 Å². The van der Waals surface area contributed by atoms with E-state index in [2.05, 4.69) is 35.6 Å². The van der Waals surface area contributed by atoms with Crippen LogP contribution in [0.25, 0.3) is 11.3 Å². The molecular formula is C28H27FN8O. The maximum absolute atomic E-state index is 14.5. The fourth-order valence-electron chi connectivity index (χ4n) is 4.53. The molecule has 0 radical (unpaired) electrons. The highest BCUT2D eigenvalue weighted by molar-refractivity contribution is 6.01. The summed E-state index contributed by atoms with van der Waals surface area (Å²) in [5, 5.41) is 5.22. The van der Waals surface area contributed by atoms with Crippen molar-refractivity contribution < 1.29 is 9.13 Å². The maximum atomic E-state index is 14.5. The first-order valence-electron chi connectivity index (χ1n) is 12.5. The van der Waals surface area contributed by atoms with E-state index in [0.29, 0.717) is 37.1 Å². The molecule has 0 spiro atoms. The second kappa shape index (κ2) is 10.4. The molecule has 9 nitrogen and oxygen atoms in total. The van der Waals surface area contributed by atoms with Crippen molar-refractivity contribution in [1.82, 2.24) is 20.4 Å². The van der Waals surface area contributed by atoms with Crippen LogP contribution in [0.4, 0.5) is 27.4 Å². The number of aryl methyl sites for hydroxylation is 1. The van der Waals surface area contributed by atoms with Gasteiger partial charge in [-0.15, -0.1) is 0 Å². The lowest BCUT2D eigenvalue weighted by molar-refractivity contribution is 0.122. The van der Waals surface area contributed by atoms with E-state index in [-0.39, 0.29) is 5.82 Å². The lowest BCUT2D eigenvalue weighted by Crippen LogP contribution is -2.36. The predicted molar refractivity (Wildman–Crippen MR) is 146 cm³/mol. The first-order chi connectivity index (χ1) is 18.6. The molecule has 2 aromatic carbocycles. The number of benzene rings is 2. The van der Waals surface area contributed by atoms with Gasteiger partial charge in [-0.2, -0.15) is 0 Å². The molecule has 1 fully saturated rings. The van der Waals surface area contributed by atoms with Crippen LogP contribution in [0.15, 0.2) is 78.0 Å². The van der Waals surface area contributed by atoms with Gasteiger partial charge >= 0.3 is 0 Å². The van der Waals surface area contributed by atoms with Crippen LogP contribution in [-0.2, 0) is 4.74 Å². The van der Waals surface area contributed by atoms with E-state index in [1.807, 2.05) is 54.4 Å². The SMILES string of the molecule is Cc1ncccc1C1=NCN(c2ccc(Nc3nccc(-c4cc(F)cc(N5CCOCC5)c4)n3)cc2)N1. The molecule has 4 heterocycles. The average Bonchev–Trinajstić information content (AvgIpc) is 3.44. The van der Waals surface area contributed by atoms with Gasteiger partial charge in [-0.3, -0.25) is 15.4 Å². The summed E-state index contributed by atoms with van der Waals surface area (Å²) in [5.41, 5.74) is 9.24. The molecular weight excluding hydrogens is 483 g/mol. The van der Waals surface area contributed by atoms with Crippen LogP contribution in [0.2, 0.25) is 0 Å². The summed E-state index contributed by atoms with van der Waals surface area (Å²) in [7, 11) is 0. The van der Waals surface area contributed by atoms with Crippen molar-refractivity contribution in [2.45, 2.75) is 6.92 Å². The summed E-state index contributed by atoms with van der Waals surface area (Å²) in [4.78, 5) is 20.1. The quantitative estimate of drug-likeness (QED) is 0.397. The monoisotopic (exact) mass is 510 g/mol. The maximum Gasteiger partial charge on any atom is 0.227 e. The van der Waals surface area contributed by atoms with Crippen LogP contribution in [0.5, 0.6) is 0 Å². The van der Waals surface area contributed by atoms with E-state index in [1.165, 1.54) is 6.07 Å². The van der Waals surface area contributed by atoms with Crippen LogP contribution in [0.3, 0.4) is 0 Å². The van der Waals surface area contributed by atoms with E-state index in [1.54, 1.807) is 24.5 Å². The molecule has 38 heavy (non-hydrogen) atoms. The fourth-order valence-corrected chi connectivity index (χ4v) is 4.53. The number of anilines is 4. The smallest absolute Gasteiger partial charge is 0.227 e. The third kappa shape index (κ3) is 5.12. The van der Waals surface area contributed by atoms with E-state index in [4.69, 9.17) is 4.74 Å². The van der Waals surface area contributed by atoms with Gasteiger partial charge in [0.15, 0.2) is 5.84 Å². The van der Waals surface area contributed by atoms with Crippen LogP contribution in [-0.4, -0.2) is 53.8 Å². The topological polar surface area (TPSA) is 90.8 Å². The number of halogens is 1. The molecule has 0 bridgehead atoms. The molecule has 6 rings (SSSR count). The van der Waals surface area contributed by atoms with Crippen molar-refractivity contribution in [1.29, 1.82) is 0 Å². The Bertz CT molecular complexity index is 1470. The zero-order valence-electron chi connectivity index (χ0n) is 20.9. The van der Waals surface area contributed by atoms with Crippen molar-refractivity contribution in [2.75, 3.05) is 48.2 Å². The summed E-state index contributed by atoms with van der Waals surface area (Å²) in [6, 6.07) is 18.6. The standard InChI is InChI=1S/C28H27FN8O/c1-19-25(3-2-9-30-19)27-32-18-37(35-27)23-6-4-22(5-7-23)33-28-31-10-8-26(34-28)20-15-21(29)17-24(16-20)36-11-13-38-14-12-36/h2-10,15-17H,11-14,18H2,1H3,(H,32,35)(H,31,33,34). The summed E-state index contributed by atoms with van der Waals surface area (Å²) in [5.74, 6) is 0.940. The normalized spacial score (nSPS) is 15.3. The van der Waals surface area contributed by atoms with Gasteiger partial charge < -0.3 is 15.0 Å². The Balaban J connectivity index is 1.14. The van der Waals surface area contributed by atoms with Crippen molar-refractivity contribution in [3.63, 3.8) is 0 Å². The third-order valence-electron chi connectivity index (χ3n) is 6.52. The molecule has 0 aliphatic carbocycles. The highest BCUT2D eigenvalue weighted by Crippen LogP contribution is 2.27. The number of aromatic nitrogens is 3. The molecule has 2 aliphatic heterocycles. The first kappa shape index (κ1) is 23.8. The number of nitrogens with one attached hydrogen (secondary N) is 2. The van der Waals surface area contributed by atoms with Gasteiger partial charge in [0.1, 0.15) is 12.5 Å². The Morgan fingerprint density at radius 1 is 0.947 bits per heavy atom. The number of hydrogen-bond donors (Lipinski definition) is 2. The molecule has 2 aromatic heterocycles. The predicted octanol–water partition coefficient (Wildman–Crippen LogP) is 4.30. The van der Waals surface area contributed by atoms with Crippen LogP contribution < -0.4 is 20.7 Å². The third-order valence-corrected chi connectivity index (χ3v) is 6.52. The number of morpholine rings is 1. The summed E-state index contributed by atoms with van der Waals surface area (Å²) >= 11 is 0. The first-order valence-corrected chi connectivity index (χ1v) is 12.5. The number of ether oxygens (including phenoxy) is 1. The zero-order valence-corrected chi connectivity index (χ0v) is 20.9. The van der Waals surface area contributed by atoms with Gasteiger partial charge in [0.2, 0.25) is 5.95 Å². The number of aliphatic imine (C=N–C) groups is 1. The van der Waals surface area contributed by atoms with Crippen molar-refractivity contribution in [3.8, 4) is 11.3 Å². The highest BCUT2D eigenvalue weighted by Gasteiger charge is 2.18. The highest BCUT2D eigenvalue weighted by atomic mass is 19.1. The molecule has 2 N–H and O–H groups in total. The van der Waals surface area contributed by atoms with Gasteiger partial charge in [0, 0.05) is 53.7 Å². The number of rotatable bonds is 6. The van der Waals surface area contributed by atoms with Gasteiger partial charge in [0.05, 0.1) is 24.6 Å². The number of hydrogen-bond acceptors (Lipinski definition) is 9. The Morgan fingerprint density at radius 3 is 2.61 bits per heavy atom. The van der Waals surface area contributed by atoms with E-state index < -0.39 is 0 Å². The van der Waals surface area contributed by atoms with Gasteiger partial charge in [-0.25, -0.2) is 19.4 Å². The van der Waals surface area contributed by atoms with Crippen molar-refractivity contribution in [3.05, 3.63) is 90.1 Å². The minimum absolute atomic E-state index is 0.297. The molecule has 0 saturated carbocycles. The number of hydrazine groups is 1. The second-order valence-corrected chi connectivity index (χ2v) is 9.06. The van der Waals surface area contributed by atoms with E-state index in [0.717, 1.165) is 47.2 Å². The minimum atomic E-state index is -0.297. The second-order valence-electron chi connectivity index (χ2n) is 9.06. The number of nitrogens with zero attached hydrogens (tertiary/aromatic N) is 6. The molecule has 1 saturated heterocycles. The average molecular weight is 511 g/mol. The zero-order chi connectivity index (χ0) is 25.9. The lowest BCUT2D eigenvalue weighted by atomic mass is 10.1. The van der Waals surface area contributed by atoms with Crippen molar-refractivity contribution >= 4 is 28.8 Å². The molecule has 10 heteroatoms. The Hall–Kier alpha value is -4.57. The molecule has 192 valence electrons. The van der Waals surface area contributed by atoms with Crippen molar-refractivity contribution in [2.24, 2.45) is 4.99 Å². The molecule has 2 aliphatic rings. The lowest BCUT2D eigenvalue weighted by Gasteiger charge is -2.29. The molecule has 4 aromatic rings. The number of pyridine rings is 1. The van der Waals surface area contributed by atoms with Crippen LogP contribution in [0, 0.1) is 12.7 Å². The Morgan fingerprint density at radius 2 is 1.79 bits per heavy atom. The largest absolute Gasteiger partial charge is 0.378 e. The number of amidine groups is 1. The molecule has 0 atom stereocenters. The minimum Gasteiger partial charge on any atom is -0.378 e. The van der Waals surface area contributed by atoms with Gasteiger partial charge in [-0.05, 0) is 67.6 Å². The Kier molecular flexibility index (Phi) is 6.53. The summed E-state index contributed by atoms with van der Waals surface area (Å²) in [6.45, 7) is 5.22. The van der Waals surface area contributed by atoms with Crippen LogP contribution >= 0.6 is 0 Å². The fraction of sp³-hybridized carbons (Fsp3) is 0.214. The molecule has 0 amide bonds. The van der Waals surface area contributed by atoms with Gasteiger partial charge in [-0.1, -0.05) is 0 Å².